The van der Waals surface area contributed by atoms with Crippen molar-refractivity contribution in [2.45, 2.75) is 53.4 Å². The molecule has 0 amide bonds. The van der Waals surface area contributed by atoms with E-state index in [0.29, 0.717) is 18.9 Å². The first-order chi connectivity index (χ1) is 7.04. The Labute approximate surface area is 93.2 Å². The monoisotopic (exact) mass is 216 g/mol. The molecule has 0 aliphatic carbocycles. The second-order valence-electron chi connectivity index (χ2n) is 3.84. The quantitative estimate of drug-likeness (QED) is 0.389. The summed E-state index contributed by atoms with van der Waals surface area (Å²) >= 11 is 0. The van der Waals surface area contributed by atoms with E-state index in [9.17, 15) is 9.59 Å². The highest BCUT2D eigenvalue weighted by atomic mass is 16.5. The fourth-order valence-electron chi connectivity index (χ4n) is 0.760. The van der Waals surface area contributed by atoms with Crippen molar-refractivity contribution in [2.75, 3.05) is 6.61 Å². The van der Waals surface area contributed by atoms with Crippen molar-refractivity contribution in [2.24, 2.45) is 5.92 Å². The van der Waals surface area contributed by atoms with Crippen LogP contribution in [0.3, 0.4) is 0 Å². The van der Waals surface area contributed by atoms with Gasteiger partial charge in [0.05, 0.1) is 6.61 Å². The van der Waals surface area contributed by atoms with Crippen molar-refractivity contribution in [1.82, 2.24) is 0 Å². The minimum Gasteiger partial charge on any atom is -0.466 e. The van der Waals surface area contributed by atoms with E-state index in [1.165, 1.54) is 13.3 Å². The summed E-state index contributed by atoms with van der Waals surface area (Å²) < 4.78 is 4.70. The first-order valence-corrected chi connectivity index (χ1v) is 5.61. The van der Waals surface area contributed by atoms with E-state index in [2.05, 4.69) is 6.92 Å². The zero-order valence-electron chi connectivity index (χ0n) is 10.4. The summed E-state index contributed by atoms with van der Waals surface area (Å²) in [6.45, 7) is 8.19. The van der Waals surface area contributed by atoms with Crippen molar-refractivity contribution in [3.63, 3.8) is 0 Å². The fraction of sp³-hybridized carbons (Fsp3) is 0.833. The van der Waals surface area contributed by atoms with Crippen molar-refractivity contribution in [1.29, 1.82) is 0 Å². The van der Waals surface area contributed by atoms with Crippen molar-refractivity contribution in [3.8, 4) is 0 Å². The van der Waals surface area contributed by atoms with Crippen LogP contribution in [0.1, 0.15) is 53.4 Å². The number of aldehydes is 1. The number of esters is 1. The Hall–Kier alpha value is -0.860. The lowest BCUT2D eigenvalue weighted by molar-refractivity contribution is -0.141. The summed E-state index contributed by atoms with van der Waals surface area (Å²) in [4.78, 5) is 19.8. The molecule has 0 atom stereocenters. The van der Waals surface area contributed by atoms with Gasteiger partial charge in [-0.1, -0.05) is 33.6 Å². The molecular weight excluding hydrogens is 192 g/mol. The molecule has 0 saturated heterocycles. The molecule has 0 aliphatic rings. The highest BCUT2D eigenvalue weighted by molar-refractivity contribution is 5.65. The van der Waals surface area contributed by atoms with Gasteiger partial charge >= 0.3 is 5.97 Å². The van der Waals surface area contributed by atoms with Gasteiger partial charge in [-0.15, -0.1) is 0 Å². The van der Waals surface area contributed by atoms with Gasteiger partial charge in [0.1, 0.15) is 6.29 Å². The van der Waals surface area contributed by atoms with Gasteiger partial charge in [-0.2, -0.15) is 0 Å². The molecule has 0 aromatic rings. The van der Waals surface area contributed by atoms with Crippen LogP contribution in [-0.4, -0.2) is 18.9 Å². The Morgan fingerprint density at radius 2 is 1.93 bits per heavy atom. The maximum Gasteiger partial charge on any atom is 0.302 e. The summed E-state index contributed by atoms with van der Waals surface area (Å²) in [7, 11) is 0. The molecule has 90 valence electrons. The summed E-state index contributed by atoms with van der Waals surface area (Å²) in [5.41, 5.74) is 0. The van der Waals surface area contributed by atoms with Crippen LogP contribution in [0.4, 0.5) is 0 Å². The lowest BCUT2D eigenvalue weighted by Crippen LogP contribution is -1.99. The molecular formula is C12H24O3. The minimum absolute atomic E-state index is 0.175. The standard InChI is InChI=1S/C7H14O2.C5H10O/c1-3-4-5-6-9-7(2)8;1-5(2)3-4-6/h3-6H2,1-2H3;4-5H,3H2,1-2H3. The maximum atomic E-state index is 10.2. The highest BCUT2D eigenvalue weighted by Crippen LogP contribution is 1.93. The second kappa shape index (κ2) is 13.1. The van der Waals surface area contributed by atoms with Gasteiger partial charge in [-0.05, 0) is 12.3 Å². The molecule has 0 aromatic heterocycles. The summed E-state index contributed by atoms with van der Waals surface area (Å²) in [5.74, 6) is 0.355. The molecule has 0 rings (SSSR count). The Morgan fingerprint density at radius 3 is 2.20 bits per heavy atom. The number of carbonyl (C=O) groups is 2. The van der Waals surface area contributed by atoms with Gasteiger partial charge in [0.25, 0.3) is 0 Å². The topological polar surface area (TPSA) is 43.4 Å². The molecule has 0 N–H and O–H groups in total. The molecule has 0 aromatic carbocycles. The molecule has 3 nitrogen and oxygen atoms in total. The molecule has 0 spiro atoms. The third kappa shape index (κ3) is 24.6. The van der Waals surface area contributed by atoms with Crippen LogP contribution in [0, 0.1) is 5.92 Å². The third-order valence-electron chi connectivity index (χ3n) is 1.62. The van der Waals surface area contributed by atoms with Gasteiger partial charge < -0.3 is 9.53 Å². The smallest absolute Gasteiger partial charge is 0.302 e. The Kier molecular flexibility index (Phi) is 14.5. The van der Waals surface area contributed by atoms with Gasteiger partial charge in [0.15, 0.2) is 0 Å². The van der Waals surface area contributed by atoms with E-state index in [-0.39, 0.29) is 5.97 Å². The zero-order valence-corrected chi connectivity index (χ0v) is 10.4. The largest absolute Gasteiger partial charge is 0.466 e. The summed E-state index contributed by atoms with van der Waals surface area (Å²) in [5, 5.41) is 0. The highest BCUT2D eigenvalue weighted by Gasteiger charge is 1.89. The number of unbranched alkanes of at least 4 members (excludes halogenated alkanes) is 2. The molecule has 0 radical (unpaired) electrons. The van der Waals surface area contributed by atoms with Crippen molar-refractivity contribution >= 4 is 12.3 Å². The Balaban J connectivity index is 0. The SMILES string of the molecule is CC(C)CC=O.CCCCCOC(C)=O. The normalized spacial score (nSPS) is 9.13. The van der Waals surface area contributed by atoms with E-state index in [0.717, 1.165) is 19.1 Å². The molecule has 15 heavy (non-hydrogen) atoms. The van der Waals surface area contributed by atoms with E-state index in [4.69, 9.17) is 4.74 Å². The molecule has 0 bridgehead atoms. The van der Waals surface area contributed by atoms with E-state index >= 15 is 0 Å². The van der Waals surface area contributed by atoms with Crippen LogP contribution in [0.5, 0.6) is 0 Å². The Bertz CT molecular complexity index is 153. The predicted molar refractivity (Wildman–Crippen MR) is 61.7 cm³/mol. The van der Waals surface area contributed by atoms with Gasteiger partial charge in [0, 0.05) is 13.3 Å². The van der Waals surface area contributed by atoms with Crippen LogP contribution in [0.2, 0.25) is 0 Å². The second-order valence-corrected chi connectivity index (χ2v) is 3.84. The lowest BCUT2D eigenvalue weighted by atomic mass is 10.2. The van der Waals surface area contributed by atoms with Crippen LogP contribution in [0.25, 0.3) is 0 Å². The fourth-order valence-corrected chi connectivity index (χ4v) is 0.760. The number of carbonyl (C=O) groups excluding carboxylic acids is 2. The van der Waals surface area contributed by atoms with Crippen molar-refractivity contribution < 1.29 is 14.3 Å². The van der Waals surface area contributed by atoms with Gasteiger partial charge in [-0.3, -0.25) is 4.79 Å². The van der Waals surface area contributed by atoms with Crippen LogP contribution >= 0.6 is 0 Å². The first-order valence-electron chi connectivity index (χ1n) is 5.61. The number of ether oxygens (including phenoxy) is 1. The van der Waals surface area contributed by atoms with Crippen LogP contribution < -0.4 is 0 Å². The lowest BCUT2D eigenvalue weighted by Gasteiger charge is -1.98. The Morgan fingerprint density at radius 1 is 1.33 bits per heavy atom. The van der Waals surface area contributed by atoms with E-state index in [1.54, 1.807) is 0 Å². The zero-order chi connectivity index (χ0) is 12.1. The van der Waals surface area contributed by atoms with Gasteiger partial charge in [0.2, 0.25) is 0 Å². The number of hydrogen-bond acceptors (Lipinski definition) is 3. The maximum absolute atomic E-state index is 10.2. The molecule has 0 heterocycles. The average molecular weight is 216 g/mol. The molecule has 0 aliphatic heterocycles. The molecule has 0 saturated carbocycles. The summed E-state index contributed by atoms with van der Waals surface area (Å²) in [6.07, 6.45) is 4.95. The molecule has 3 heteroatoms. The number of hydrogen-bond donors (Lipinski definition) is 0. The molecule has 0 fully saturated rings. The summed E-state index contributed by atoms with van der Waals surface area (Å²) in [6, 6.07) is 0. The van der Waals surface area contributed by atoms with Gasteiger partial charge in [-0.25, -0.2) is 0 Å². The average Bonchev–Trinajstić information content (AvgIpc) is 2.13. The van der Waals surface area contributed by atoms with Crippen LogP contribution in [-0.2, 0) is 14.3 Å². The van der Waals surface area contributed by atoms with E-state index < -0.39 is 0 Å². The predicted octanol–water partition coefficient (Wildman–Crippen LogP) is 2.97. The first kappa shape index (κ1) is 16.6. The van der Waals surface area contributed by atoms with Crippen molar-refractivity contribution in [3.05, 3.63) is 0 Å². The number of rotatable bonds is 6. The minimum atomic E-state index is -0.175. The molecule has 0 unspecified atom stereocenters. The van der Waals surface area contributed by atoms with Crippen LogP contribution in [0.15, 0.2) is 0 Å². The third-order valence-corrected chi connectivity index (χ3v) is 1.62. The van der Waals surface area contributed by atoms with E-state index in [1.807, 2.05) is 13.8 Å².